The van der Waals surface area contributed by atoms with Crippen molar-refractivity contribution in [2.45, 2.75) is 0 Å². The molecule has 1 amide bonds. The lowest BCUT2D eigenvalue weighted by Crippen LogP contribution is -2.14. The molecule has 23 heavy (non-hydrogen) atoms. The number of nitrogens with zero attached hydrogens (tertiary/aromatic N) is 3. The van der Waals surface area contributed by atoms with Crippen LogP contribution < -0.4 is 10.2 Å². The molecule has 3 rings (SSSR count). The van der Waals surface area contributed by atoms with Gasteiger partial charge in [0.25, 0.3) is 5.91 Å². The number of pyridine rings is 2. The molecule has 116 valence electrons. The molecule has 3 aromatic rings. The number of rotatable bonds is 3. The van der Waals surface area contributed by atoms with Crippen molar-refractivity contribution in [2.75, 3.05) is 24.3 Å². The maximum absolute atomic E-state index is 12.4. The van der Waals surface area contributed by atoms with Crippen LogP contribution in [0.15, 0.2) is 53.1 Å². The van der Waals surface area contributed by atoms with Crippen LogP contribution in [0.5, 0.6) is 0 Å². The molecule has 6 heteroatoms. The van der Waals surface area contributed by atoms with Crippen molar-refractivity contribution < 1.29 is 4.79 Å². The number of amides is 1. The summed E-state index contributed by atoms with van der Waals surface area (Å²) in [5.41, 5.74) is 2.63. The van der Waals surface area contributed by atoms with E-state index in [4.69, 9.17) is 0 Å². The van der Waals surface area contributed by atoms with E-state index in [0.717, 1.165) is 15.8 Å². The van der Waals surface area contributed by atoms with Gasteiger partial charge in [-0.15, -0.1) is 0 Å². The third-order valence-electron chi connectivity index (χ3n) is 3.36. The summed E-state index contributed by atoms with van der Waals surface area (Å²) in [6.07, 6.45) is 1.66. The molecular weight excluding hydrogens is 356 g/mol. The zero-order valence-electron chi connectivity index (χ0n) is 12.7. The number of carbonyl (C=O) groups is 1. The van der Waals surface area contributed by atoms with Gasteiger partial charge in [0.15, 0.2) is 0 Å². The summed E-state index contributed by atoms with van der Waals surface area (Å²) in [5, 5.41) is 2.91. The van der Waals surface area contributed by atoms with Gasteiger partial charge in [0.2, 0.25) is 0 Å². The normalized spacial score (nSPS) is 10.6. The molecule has 0 aliphatic heterocycles. The third kappa shape index (κ3) is 3.32. The molecule has 0 bridgehead atoms. The molecule has 2 aromatic heterocycles. The van der Waals surface area contributed by atoms with E-state index in [1.807, 2.05) is 43.3 Å². The Bertz CT molecular complexity index is 879. The molecule has 0 unspecified atom stereocenters. The number of benzene rings is 1. The van der Waals surface area contributed by atoms with Crippen molar-refractivity contribution in [3.8, 4) is 0 Å². The summed E-state index contributed by atoms with van der Waals surface area (Å²) in [4.78, 5) is 23.2. The van der Waals surface area contributed by atoms with Crippen molar-refractivity contribution in [3.05, 3.63) is 58.7 Å². The van der Waals surface area contributed by atoms with Crippen molar-refractivity contribution >= 4 is 44.4 Å². The number of carbonyl (C=O) groups excluding carboxylic acids is 1. The minimum atomic E-state index is -0.184. The Kier molecular flexibility index (Phi) is 4.25. The third-order valence-corrected chi connectivity index (χ3v) is 3.86. The monoisotopic (exact) mass is 370 g/mol. The molecule has 0 aliphatic carbocycles. The lowest BCUT2D eigenvalue weighted by molar-refractivity contribution is 0.102. The lowest BCUT2D eigenvalue weighted by atomic mass is 10.2. The van der Waals surface area contributed by atoms with Gasteiger partial charge in [-0.05, 0) is 36.4 Å². The Balaban J connectivity index is 1.99. The molecule has 0 aliphatic rings. The van der Waals surface area contributed by atoms with E-state index in [0.29, 0.717) is 16.8 Å². The van der Waals surface area contributed by atoms with Gasteiger partial charge in [0.1, 0.15) is 11.3 Å². The van der Waals surface area contributed by atoms with Crippen LogP contribution in [-0.4, -0.2) is 30.0 Å². The summed E-state index contributed by atoms with van der Waals surface area (Å²) in [6.45, 7) is 0. The Morgan fingerprint density at radius 2 is 2.00 bits per heavy atom. The van der Waals surface area contributed by atoms with Crippen molar-refractivity contribution in [3.63, 3.8) is 0 Å². The molecule has 0 fully saturated rings. The maximum atomic E-state index is 12.4. The van der Waals surface area contributed by atoms with Gasteiger partial charge in [-0.1, -0.05) is 22.0 Å². The molecule has 2 heterocycles. The number of hydrogen-bond donors (Lipinski definition) is 1. The first-order chi connectivity index (χ1) is 11.0. The van der Waals surface area contributed by atoms with Crippen LogP contribution in [0, 0.1) is 0 Å². The highest BCUT2D eigenvalue weighted by Gasteiger charge is 2.11. The molecule has 1 N–H and O–H groups in total. The summed E-state index contributed by atoms with van der Waals surface area (Å²) in [6, 6.07) is 12.8. The highest BCUT2D eigenvalue weighted by Crippen LogP contribution is 2.23. The highest BCUT2D eigenvalue weighted by atomic mass is 79.9. The van der Waals surface area contributed by atoms with Gasteiger partial charge in [0.05, 0.1) is 11.2 Å². The number of anilines is 2. The van der Waals surface area contributed by atoms with Crippen LogP contribution >= 0.6 is 15.9 Å². The second-order valence-electron chi connectivity index (χ2n) is 5.25. The lowest BCUT2D eigenvalue weighted by Gasteiger charge is -2.13. The van der Waals surface area contributed by atoms with Crippen molar-refractivity contribution in [1.82, 2.24) is 9.97 Å². The molecule has 0 saturated heterocycles. The molecule has 1 aromatic carbocycles. The second kappa shape index (κ2) is 6.34. The SMILES string of the molecule is CN(C)c1ccc2nccc(NC(=O)c3cccc(Br)c3)c2n1. The Labute approximate surface area is 142 Å². The van der Waals surface area contributed by atoms with Crippen LogP contribution in [0.3, 0.4) is 0 Å². The first-order valence-corrected chi connectivity index (χ1v) is 7.84. The van der Waals surface area contributed by atoms with Gasteiger partial charge < -0.3 is 10.2 Å². The second-order valence-corrected chi connectivity index (χ2v) is 6.17. The van der Waals surface area contributed by atoms with Crippen molar-refractivity contribution in [1.29, 1.82) is 0 Å². The zero-order chi connectivity index (χ0) is 16.4. The van der Waals surface area contributed by atoms with E-state index in [-0.39, 0.29) is 5.91 Å². The average molecular weight is 371 g/mol. The average Bonchev–Trinajstić information content (AvgIpc) is 2.54. The molecule has 0 radical (unpaired) electrons. The van der Waals surface area contributed by atoms with E-state index in [9.17, 15) is 4.79 Å². The first kappa shape index (κ1) is 15.4. The first-order valence-electron chi connectivity index (χ1n) is 7.04. The Hall–Kier alpha value is -2.47. The van der Waals surface area contributed by atoms with Gasteiger partial charge in [0, 0.05) is 30.3 Å². The van der Waals surface area contributed by atoms with Gasteiger partial charge in [-0.25, -0.2) is 4.98 Å². The summed E-state index contributed by atoms with van der Waals surface area (Å²) in [5.74, 6) is 0.624. The van der Waals surface area contributed by atoms with E-state index >= 15 is 0 Å². The minimum Gasteiger partial charge on any atom is -0.363 e. The standard InChI is InChI=1S/C17H15BrN4O/c1-22(2)15-7-6-13-16(21-15)14(8-9-19-13)20-17(23)11-4-3-5-12(18)10-11/h3-10H,1-2H3,(H,19,20,23). The highest BCUT2D eigenvalue weighted by molar-refractivity contribution is 9.10. The summed E-state index contributed by atoms with van der Waals surface area (Å²) in [7, 11) is 3.84. The van der Waals surface area contributed by atoms with Gasteiger partial charge in [-0.2, -0.15) is 0 Å². The van der Waals surface area contributed by atoms with Gasteiger partial charge >= 0.3 is 0 Å². The Morgan fingerprint density at radius 3 is 2.74 bits per heavy atom. The minimum absolute atomic E-state index is 0.184. The fourth-order valence-electron chi connectivity index (χ4n) is 2.19. The van der Waals surface area contributed by atoms with Crippen LogP contribution in [0.2, 0.25) is 0 Å². The van der Waals surface area contributed by atoms with E-state index in [1.165, 1.54) is 0 Å². The molecule has 5 nitrogen and oxygen atoms in total. The van der Waals surface area contributed by atoms with E-state index in [2.05, 4.69) is 31.2 Å². The number of fused-ring (bicyclic) bond motifs is 1. The fourth-order valence-corrected chi connectivity index (χ4v) is 2.59. The van der Waals surface area contributed by atoms with Crippen LogP contribution in [0.4, 0.5) is 11.5 Å². The molecule has 0 atom stereocenters. The topological polar surface area (TPSA) is 58.1 Å². The Morgan fingerprint density at radius 1 is 1.17 bits per heavy atom. The fraction of sp³-hybridized carbons (Fsp3) is 0.118. The number of aromatic nitrogens is 2. The maximum Gasteiger partial charge on any atom is 0.255 e. The number of nitrogens with one attached hydrogen (secondary N) is 1. The largest absolute Gasteiger partial charge is 0.363 e. The smallest absolute Gasteiger partial charge is 0.255 e. The predicted molar refractivity (Wildman–Crippen MR) is 96.0 cm³/mol. The van der Waals surface area contributed by atoms with Crippen LogP contribution in [0.25, 0.3) is 11.0 Å². The molecule has 0 spiro atoms. The predicted octanol–water partition coefficient (Wildman–Crippen LogP) is 3.71. The van der Waals surface area contributed by atoms with E-state index in [1.54, 1.807) is 24.4 Å². The van der Waals surface area contributed by atoms with Crippen LogP contribution in [0.1, 0.15) is 10.4 Å². The zero-order valence-corrected chi connectivity index (χ0v) is 14.3. The quantitative estimate of drug-likeness (QED) is 0.763. The number of halogens is 1. The van der Waals surface area contributed by atoms with Crippen molar-refractivity contribution in [2.24, 2.45) is 0 Å². The van der Waals surface area contributed by atoms with Gasteiger partial charge in [-0.3, -0.25) is 9.78 Å². The van der Waals surface area contributed by atoms with E-state index < -0.39 is 0 Å². The number of hydrogen-bond acceptors (Lipinski definition) is 4. The molecular formula is C17H15BrN4O. The molecule has 0 saturated carbocycles. The summed E-state index contributed by atoms with van der Waals surface area (Å²) < 4.78 is 0.859. The van der Waals surface area contributed by atoms with Crippen LogP contribution in [-0.2, 0) is 0 Å². The summed E-state index contributed by atoms with van der Waals surface area (Å²) >= 11 is 3.37.